The number of hydrogen-bond donors (Lipinski definition) is 2. The van der Waals surface area contributed by atoms with Crippen LogP contribution in [0.25, 0.3) is 0 Å². The molecule has 0 fully saturated rings. The van der Waals surface area contributed by atoms with E-state index in [0.29, 0.717) is 24.9 Å². The normalized spacial score (nSPS) is 12.5. The molecule has 0 radical (unpaired) electrons. The van der Waals surface area contributed by atoms with Crippen LogP contribution in [0.5, 0.6) is 5.88 Å². The van der Waals surface area contributed by atoms with Gasteiger partial charge in [0, 0.05) is 31.9 Å². The van der Waals surface area contributed by atoms with Crippen LogP contribution in [0, 0.1) is 0 Å². The third-order valence-electron chi connectivity index (χ3n) is 3.91. The molecule has 0 spiro atoms. The molecule has 25 heavy (non-hydrogen) atoms. The Kier molecular flexibility index (Phi) is 7.76. The second kappa shape index (κ2) is 10.3. The number of rotatable bonds is 8. The first kappa shape index (κ1) is 18.8. The maximum absolute atomic E-state index is 5.70. The molecule has 2 rings (SSSR count). The van der Waals surface area contributed by atoms with Crippen LogP contribution in [-0.4, -0.2) is 31.1 Å². The second-order valence-electron chi connectivity index (χ2n) is 5.93. The minimum atomic E-state index is 0.404. The predicted octanol–water partition coefficient (Wildman–Crippen LogP) is 3.34. The standard InChI is InChI=1S/C20H28N4O/c1-4-13-25-19-18(11-8-12-22-19)15-24-20(21-3)23-14-16(2)17-9-6-5-7-10-17/h5-12,16H,4,13-15H2,1-3H3,(H2,21,23,24). The van der Waals surface area contributed by atoms with Gasteiger partial charge in [-0.05, 0) is 24.0 Å². The van der Waals surface area contributed by atoms with Crippen LogP contribution in [0.15, 0.2) is 53.7 Å². The maximum atomic E-state index is 5.70. The first-order chi connectivity index (χ1) is 12.2. The molecular formula is C20H28N4O. The summed E-state index contributed by atoms with van der Waals surface area (Å²) in [7, 11) is 1.78. The van der Waals surface area contributed by atoms with Crippen LogP contribution in [0.1, 0.15) is 37.3 Å². The highest BCUT2D eigenvalue weighted by atomic mass is 16.5. The number of guanidine groups is 1. The van der Waals surface area contributed by atoms with E-state index in [-0.39, 0.29) is 0 Å². The van der Waals surface area contributed by atoms with Gasteiger partial charge < -0.3 is 15.4 Å². The van der Waals surface area contributed by atoms with E-state index in [4.69, 9.17) is 4.74 Å². The molecule has 1 aromatic heterocycles. The predicted molar refractivity (Wildman–Crippen MR) is 103 cm³/mol. The van der Waals surface area contributed by atoms with Crippen molar-refractivity contribution in [1.29, 1.82) is 0 Å². The Hall–Kier alpha value is -2.56. The molecule has 1 atom stereocenters. The van der Waals surface area contributed by atoms with Crippen molar-refractivity contribution in [2.24, 2.45) is 4.99 Å². The van der Waals surface area contributed by atoms with Gasteiger partial charge in [-0.1, -0.05) is 50.2 Å². The molecule has 0 aliphatic heterocycles. The Morgan fingerprint density at radius 2 is 1.96 bits per heavy atom. The van der Waals surface area contributed by atoms with Gasteiger partial charge in [-0.25, -0.2) is 4.98 Å². The molecule has 0 saturated heterocycles. The zero-order valence-electron chi connectivity index (χ0n) is 15.3. The molecule has 0 saturated carbocycles. The van der Waals surface area contributed by atoms with Gasteiger partial charge in [0.2, 0.25) is 5.88 Å². The average Bonchev–Trinajstić information content (AvgIpc) is 2.67. The minimum absolute atomic E-state index is 0.404. The van der Waals surface area contributed by atoms with E-state index >= 15 is 0 Å². The molecule has 0 amide bonds. The van der Waals surface area contributed by atoms with E-state index in [0.717, 1.165) is 24.5 Å². The van der Waals surface area contributed by atoms with Crippen LogP contribution in [0.2, 0.25) is 0 Å². The Balaban J connectivity index is 1.86. The van der Waals surface area contributed by atoms with Gasteiger partial charge in [-0.2, -0.15) is 0 Å². The molecule has 5 heteroatoms. The van der Waals surface area contributed by atoms with Crippen molar-refractivity contribution in [1.82, 2.24) is 15.6 Å². The third kappa shape index (κ3) is 6.10. The highest BCUT2D eigenvalue weighted by Gasteiger charge is 2.08. The number of hydrogen-bond acceptors (Lipinski definition) is 3. The van der Waals surface area contributed by atoms with Crippen molar-refractivity contribution < 1.29 is 4.74 Å². The lowest BCUT2D eigenvalue weighted by molar-refractivity contribution is 0.301. The maximum Gasteiger partial charge on any atom is 0.218 e. The number of aromatic nitrogens is 1. The fraction of sp³-hybridized carbons (Fsp3) is 0.400. The molecule has 0 bridgehead atoms. The van der Waals surface area contributed by atoms with Crippen LogP contribution in [0.4, 0.5) is 0 Å². The van der Waals surface area contributed by atoms with E-state index in [1.165, 1.54) is 5.56 Å². The zero-order valence-corrected chi connectivity index (χ0v) is 15.3. The smallest absolute Gasteiger partial charge is 0.218 e. The number of nitrogens with zero attached hydrogens (tertiary/aromatic N) is 2. The van der Waals surface area contributed by atoms with E-state index in [1.807, 2.05) is 18.2 Å². The van der Waals surface area contributed by atoms with Crippen molar-refractivity contribution in [3.05, 3.63) is 59.8 Å². The fourth-order valence-electron chi connectivity index (χ4n) is 2.44. The molecule has 0 aliphatic rings. The van der Waals surface area contributed by atoms with Crippen LogP contribution in [0.3, 0.4) is 0 Å². The summed E-state index contributed by atoms with van der Waals surface area (Å²) in [5.74, 6) is 1.86. The van der Waals surface area contributed by atoms with Gasteiger partial charge in [0.1, 0.15) is 0 Å². The number of aliphatic imine (C=N–C) groups is 1. The van der Waals surface area contributed by atoms with Gasteiger partial charge in [-0.15, -0.1) is 0 Å². The number of benzene rings is 1. The molecule has 5 nitrogen and oxygen atoms in total. The van der Waals surface area contributed by atoms with Crippen molar-refractivity contribution in [2.45, 2.75) is 32.7 Å². The minimum Gasteiger partial charge on any atom is -0.477 e. The lowest BCUT2D eigenvalue weighted by Gasteiger charge is -2.17. The fourth-order valence-corrected chi connectivity index (χ4v) is 2.44. The molecule has 2 aromatic rings. The highest BCUT2D eigenvalue weighted by Crippen LogP contribution is 2.15. The Morgan fingerprint density at radius 1 is 1.16 bits per heavy atom. The summed E-state index contributed by atoms with van der Waals surface area (Å²) in [5, 5.41) is 6.71. The Labute approximate surface area is 150 Å². The number of ether oxygens (including phenoxy) is 1. The second-order valence-corrected chi connectivity index (χ2v) is 5.93. The molecule has 1 aromatic carbocycles. The zero-order chi connectivity index (χ0) is 17.9. The van der Waals surface area contributed by atoms with Crippen molar-refractivity contribution in [3.63, 3.8) is 0 Å². The number of pyridine rings is 1. The molecule has 2 N–H and O–H groups in total. The molecule has 1 heterocycles. The van der Waals surface area contributed by atoms with Crippen LogP contribution < -0.4 is 15.4 Å². The topological polar surface area (TPSA) is 58.5 Å². The van der Waals surface area contributed by atoms with Gasteiger partial charge in [0.15, 0.2) is 5.96 Å². The first-order valence-corrected chi connectivity index (χ1v) is 8.80. The molecule has 134 valence electrons. The lowest BCUT2D eigenvalue weighted by Crippen LogP contribution is -2.38. The molecule has 1 unspecified atom stereocenters. The van der Waals surface area contributed by atoms with Crippen molar-refractivity contribution in [2.75, 3.05) is 20.2 Å². The quantitative estimate of drug-likeness (QED) is 0.572. The van der Waals surface area contributed by atoms with Gasteiger partial charge in [-0.3, -0.25) is 4.99 Å². The van der Waals surface area contributed by atoms with Crippen LogP contribution >= 0.6 is 0 Å². The summed E-state index contributed by atoms with van der Waals surface area (Å²) in [6.45, 7) is 6.39. The average molecular weight is 340 g/mol. The van der Waals surface area contributed by atoms with E-state index in [1.54, 1.807) is 13.2 Å². The summed E-state index contributed by atoms with van der Waals surface area (Å²) in [4.78, 5) is 8.61. The van der Waals surface area contributed by atoms with Gasteiger partial charge in [0.25, 0.3) is 0 Å². The highest BCUT2D eigenvalue weighted by molar-refractivity contribution is 5.79. The SMILES string of the molecule is CCCOc1ncccc1CNC(=NC)NCC(C)c1ccccc1. The third-order valence-corrected chi connectivity index (χ3v) is 3.91. The molecular weight excluding hydrogens is 312 g/mol. The monoisotopic (exact) mass is 340 g/mol. The van der Waals surface area contributed by atoms with Crippen molar-refractivity contribution in [3.8, 4) is 5.88 Å². The Morgan fingerprint density at radius 3 is 2.68 bits per heavy atom. The number of nitrogens with one attached hydrogen (secondary N) is 2. The summed E-state index contributed by atoms with van der Waals surface area (Å²) in [5.41, 5.74) is 2.34. The summed E-state index contributed by atoms with van der Waals surface area (Å²) in [6.07, 6.45) is 2.72. The summed E-state index contributed by atoms with van der Waals surface area (Å²) < 4.78 is 5.70. The van der Waals surface area contributed by atoms with E-state index in [2.05, 4.69) is 58.7 Å². The van der Waals surface area contributed by atoms with Crippen LogP contribution in [-0.2, 0) is 6.54 Å². The van der Waals surface area contributed by atoms with E-state index < -0.39 is 0 Å². The summed E-state index contributed by atoms with van der Waals surface area (Å²) >= 11 is 0. The first-order valence-electron chi connectivity index (χ1n) is 8.80. The van der Waals surface area contributed by atoms with E-state index in [9.17, 15) is 0 Å². The lowest BCUT2D eigenvalue weighted by atomic mass is 10.0. The largest absolute Gasteiger partial charge is 0.477 e. The summed E-state index contributed by atoms with van der Waals surface area (Å²) in [6, 6.07) is 14.4. The molecule has 0 aliphatic carbocycles. The Bertz CT molecular complexity index is 658. The van der Waals surface area contributed by atoms with Gasteiger partial charge >= 0.3 is 0 Å². The van der Waals surface area contributed by atoms with Gasteiger partial charge in [0.05, 0.1) is 6.61 Å². The van der Waals surface area contributed by atoms with Crippen molar-refractivity contribution >= 4 is 5.96 Å².